The van der Waals surface area contributed by atoms with E-state index in [-0.39, 0.29) is 36.4 Å². The Kier molecular flexibility index (Phi) is 14.3. The van der Waals surface area contributed by atoms with Gasteiger partial charge < -0.3 is 23.4 Å². The van der Waals surface area contributed by atoms with Crippen molar-refractivity contribution in [2.75, 3.05) is 13.7 Å². The first kappa shape index (κ1) is 34.7. The first-order chi connectivity index (χ1) is 19.7. The summed E-state index contributed by atoms with van der Waals surface area (Å²) in [5.74, 6) is 1.90. The van der Waals surface area contributed by atoms with E-state index < -0.39 is 8.32 Å². The molecule has 236 valence electrons. The minimum absolute atomic E-state index is 0.0646. The summed E-state index contributed by atoms with van der Waals surface area (Å²) in [5, 5.41) is 0. The Hall–Kier alpha value is -0.793. The third kappa shape index (κ3) is 9.35. The predicted octanol–water partition coefficient (Wildman–Crippen LogP) is 8.53. The van der Waals surface area contributed by atoms with Gasteiger partial charge in [-0.05, 0) is 92.8 Å². The topological polar surface area (TPSA) is 54.0 Å². The zero-order valence-corrected chi connectivity index (χ0v) is 28.6. The maximum absolute atomic E-state index is 11.9. The lowest BCUT2D eigenvalue weighted by atomic mass is 9.67. The lowest BCUT2D eigenvalue weighted by Crippen LogP contribution is -2.41. The standard InChI is InChI=1S/C35H62O5Si/c1-9-41(10-2,11-3)38-24-30(22-29-15-12-14-25(4)34(29)27(6)23-36)35-26(5)18-19-32(40-35)17-13-16-31-20-21-33(39-31)28(7)37-8/h13,17,22-23,25-29,31-35H,9-12,14-16,18-21,24H2,1-8H3/b17-13+,30-22+/t25-,26-,27-,28?,29-,31+,32-,33-,34-,35-/m0/s1. The van der Waals surface area contributed by atoms with E-state index in [9.17, 15) is 4.79 Å². The van der Waals surface area contributed by atoms with Crippen LogP contribution in [0.25, 0.3) is 0 Å². The molecule has 3 fully saturated rings. The Bertz CT molecular complexity index is 830. The van der Waals surface area contributed by atoms with Crippen LogP contribution in [-0.2, 0) is 23.4 Å². The van der Waals surface area contributed by atoms with Gasteiger partial charge in [0.25, 0.3) is 0 Å². The Morgan fingerprint density at radius 1 is 0.951 bits per heavy atom. The summed E-state index contributed by atoms with van der Waals surface area (Å²) in [5.41, 5.74) is 1.33. The molecule has 2 aliphatic heterocycles. The van der Waals surface area contributed by atoms with Crippen LogP contribution in [0, 0.1) is 29.6 Å². The normalized spacial score (nSPS) is 35.1. The van der Waals surface area contributed by atoms with Crippen LogP contribution in [0.4, 0.5) is 0 Å². The largest absolute Gasteiger partial charge is 0.413 e. The van der Waals surface area contributed by atoms with Crippen LogP contribution in [0.2, 0.25) is 18.1 Å². The summed E-state index contributed by atoms with van der Waals surface area (Å²) in [4.78, 5) is 11.9. The molecule has 0 aromatic carbocycles. The molecule has 1 aliphatic carbocycles. The number of rotatable bonds is 15. The molecule has 2 saturated heterocycles. The summed E-state index contributed by atoms with van der Waals surface area (Å²) >= 11 is 0. The fourth-order valence-electron chi connectivity index (χ4n) is 7.82. The van der Waals surface area contributed by atoms with E-state index in [0.29, 0.717) is 30.3 Å². The molecule has 41 heavy (non-hydrogen) atoms. The maximum atomic E-state index is 11.9. The van der Waals surface area contributed by atoms with Gasteiger partial charge in [0.05, 0.1) is 37.1 Å². The Morgan fingerprint density at radius 3 is 2.34 bits per heavy atom. The number of aldehydes is 1. The molecule has 0 spiro atoms. The molecule has 0 radical (unpaired) electrons. The number of carbonyl (C=O) groups excluding carboxylic acids is 1. The second-order valence-electron chi connectivity index (χ2n) is 13.5. The van der Waals surface area contributed by atoms with Gasteiger partial charge in [-0.1, -0.05) is 72.6 Å². The van der Waals surface area contributed by atoms with Crippen molar-refractivity contribution in [3.8, 4) is 0 Å². The number of hydrogen-bond donors (Lipinski definition) is 0. The summed E-state index contributed by atoms with van der Waals surface area (Å²) in [7, 11) is 0.0135. The highest BCUT2D eigenvalue weighted by Crippen LogP contribution is 2.42. The number of carbonyl (C=O) groups is 1. The van der Waals surface area contributed by atoms with E-state index in [1.54, 1.807) is 7.11 Å². The van der Waals surface area contributed by atoms with Gasteiger partial charge >= 0.3 is 0 Å². The summed E-state index contributed by atoms with van der Waals surface area (Å²) in [6.45, 7) is 16.5. The van der Waals surface area contributed by atoms with Crippen molar-refractivity contribution in [1.82, 2.24) is 0 Å². The summed E-state index contributed by atoms with van der Waals surface area (Å²) in [6.07, 6.45) is 18.0. The number of hydrogen-bond acceptors (Lipinski definition) is 5. The molecule has 3 aliphatic rings. The predicted molar refractivity (Wildman–Crippen MR) is 172 cm³/mol. The van der Waals surface area contributed by atoms with Crippen molar-refractivity contribution < 1.29 is 23.4 Å². The maximum Gasteiger partial charge on any atom is 0.192 e. The molecule has 10 atom stereocenters. The molecular weight excluding hydrogens is 528 g/mol. The van der Waals surface area contributed by atoms with Crippen LogP contribution < -0.4 is 0 Å². The average Bonchev–Trinajstić information content (AvgIpc) is 3.46. The van der Waals surface area contributed by atoms with Gasteiger partial charge in [0.15, 0.2) is 8.32 Å². The lowest BCUT2D eigenvalue weighted by molar-refractivity contribution is -0.113. The van der Waals surface area contributed by atoms with Gasteiger partial charge in [0.2, 0.25) is 0 Å². The highest BCUT2D eigenvalue weighted by molar-refractivity contribution is 6.73. The molecule has 0 aromatic rings. The van der Waals surface area contributed by atoms with Gasteiger partial charge in [-0.3, -0.25) is 0 Å². The van der Waals surface area contributed by atoms with E-state index in [2.05, 4.69) is 66.7 Å². The van der Waals surface area contributed by atoms with Gasteiger partial charge in [-0.25, -0.2) is 0 Å². The number of ether oxygens (including phenoxy) is 3. The van der Waals surface area contributed by atoms with Crippen molar-refractivity contribution in [3.63, 3.8) is 0 Å². The van der Waals surface area contributed by atoms with Crippen LogP contribution in [0.3, 0.4) is 0 Å². The monoisotopic (exact) mass is 590 g/mol. The Morgan fingerprint density at radius 2 is 1.68 bits per heavy atom. The highest BCUT2D eigenvalue weighted by Gasteiger charge is 2.37. The first-order valence-corrected chi connectivity index (χ1v) is 19.5. The van der Waals surface area contributed by atoms with Gasteiger partial charge in [-0.15, -0.1) is 0 Å². The van der Waals surface area contributed by atoms with E-state index in [4.69, 9.17) is 18.6 Å². The highest BCUT2D eigenvalue weighted by atomic mass is 28.4. The SMILES string of the molecule is CC[Si](CC)(CC)OC/C(=C\[C@@H]1CCC[C@H](C)[C@H]1[C@@H](C)C=O)[C@H]1O[C@@H](/C=C/C[C@@H]2CC[C@@H](C(C)OC)O2)CC[C@@H]1C. The van der Waals surface area contributed by atoms with E-state index in [0.717, 1.165) is 56.7 Å². The van der Waals surface area contributed by atoms with Gasteiger partial charge in [0, 0.05) is 13.0 Å². The third-order valence-electron chi connectivity index (χ3n) is 11.0. The molecule has 0 N–H and O–H groups in total. The molecule has 0 bridgehead atoms. The molecule has 6 heteroatoms. The smallest absolute Gasteiger partial charge is 0.192 e. The minimum Gasteiger partial charge on any atom is -0.413 e. The fourth-order valence-corrected chi connectivity index (χ4v) is 10.4. The number of allylic oxidation sites excluding steroid dienone is 1. The summed E-state index contributed by atoms with van der Waals surface area (Å²) in [6, 6.07) is 3.45. The van der Waals surface area contributed by atoms with E-state index >= 15 is 0 Å². The second kappa shape index (κ2) is 16.9. The minimum atomic E-state index is -1.75. The second-order valence-corrected chi connectivity index (χ2v) is 18.3. The molecule has 0 amide bonds. The fraction of sp³-hybridized carbons (Fsp3) is 0.857. The average molecular weight is 591 g/mol. The van der Waals surface area contributed by atoms with Crippen molar-refractivity contribution in [3.05, 3.63) is 23.8 Å². The zero-order valence-electron chi connectivity index (χ0n) is 27.6. The van der Waals surface area contributed by atoms with Crippen LogP contribution >= 0.6 is 0 Å². The molecule has 2 heterocycles. The summed E-state index contributed by atoms with van der Waals surface area (Å²) < 4.78 is 25.6. The first-order valence-electron chi connectivity index (χ1n) is 17.0. The van der Waals surface area contributed by atoms with Crippen molar-refractivity contribution >= 4 is 14.6 Å². The molecular formula is C35H62O5Si. The van der Waals surface area contributed by atoms with Crippen LogP contribution in [0.5, 0.6) is 0 Å². The van der Waals surface area contributed by atoms with Gasteiger partial charge in [0.1, 0.15) is 6.29 Å². The molecule has 1 saturated carbocycles. The quantitative estimate of drug-likeness (QED) is 0.109. The molecule has 1 unspecified atom stereocenters. The Balaban J connectivity index is 1.77. The van der Waals surface area contributed by atoms with Crippen molar-refractivity contribution in [2.45, 2.75) is 148 Å². The van der Waals surface area contributed by atoms with Crippen LogP contribution in [0.1, 0.15) is 99.8 Å². The zero-order chi connectivity index (χ0) is 30.0. The van der Waals surface area contributed by atoms with Crippen LogP contribution in [-0.4, -0.2) is 58.8 Å². The van der Waals surface area contributed by atoms with Crippen molar-refractivity contribution in [2.24, 2.45) is 29.6 Å². The van der Waals surface area contributed by atoms with Crippen LogP contribution in [0.15, 0.2) is 23.8 Å². The van der Waals surface area contributed by atoms with E-state index in [1.807, 2.05) is 0 Å². The lowest BCUT2D eigenvalue weighted by Gasteiger charge is -2.40. The molecule has 0 aromatic heterocycles. The van der Waals surface area contributed by atoms with Crippen molar-refractivity contribution in [1.29, 1.82) is 0 Å². The molecule has 5 nitrogen and oxygen atoms in total. The van der Waals surface area contributed by atoms with Gasteiger partial charge in [-0.2, -0.15) is 0 Å². The number of methoxy groups -OCH3 is 1. The molecule has 3 rings (SSSR count). The Labute approximate surface area is 253 Å². The third-order valence-corrected chi connectivity index (χ3v) is 15.6. The van der Waals surface area contributed by atoms with E-state index in [1.165, 1.54) is 24.7 Å².